The van der Waals surface area contributed by atoms with Crippen LogP contribution in [0.2, 0.25) is 0 Å². The first-order valence-corrected chi connectivity index (χ1v) is 3.91. The van der Waals surface area contributed by atoms with Crippen molar-refractivity contribution in [2.24, 2.45) is 0 Å². The van der Waals surface area contributed by atoms with E-state index in [1.54, 1.807) is 17.3 Å². The van der Waals surface area contributed by atoms with Crippen molar-refractivity contribution >= 4 is 7.12 Å². The fourth-order valence-corrected chi connectivity index (χ4v) is 1.30. The van der Waals surface area contributed by atoms with Crippen molar-refractivity contribution in [3.63, 3.8) is 0 Å². The van der Waals surface area contributed by atoms with E-state index in [0.29, 0.717) is 0 Å². The molecular formula is C7H13BN2O2. The van der Waals surface area contributed by atoms with Crippen LogP contribution in [0.5, 0.6) is 0 Å². The molecule has 0 saturated heterocycles. The van der Waals surface area contributed by atoms with E-state index in [0.717, 1.165) is 6.54 Å². The van der Waals surface area contributed by atoms with Crippen LogP contribution in [0.15, 0.2) is 25.2 Å². The van der Waals surface area contributed by atoms with Crippen LogP contribution in [0, 0.1) is 0 Å². The highest BCUT2D eigenvalue weighted by Crippen LogP contribution is 2.15. The smallest absolute Gasteiger partial charge is 0.425 e. The maximum absolute atomic E-state index is 9.04. The predicted octanol–water partition coefficient (Wildman–Crippen LogP) is -0.423. The first-order chi connectivity index (χ1) is 5.70. The minimum atomic E-state index is -1.38. The maximum Gasteiger partial charge on any atom is 0.497 e. The number of nitrogens with zero attached hydrogens (tertiary/aromatic N) is 2. The molecule has 1 unspecified atom stereocenters. The highest BCUT2D eigenvalue weighted by atomic mass is 16.4. The van der Waals surface area contributed by atoms with Gasteiger partial charge in [0.2, 0.25) is 0 Å². The summed E-state index contributed by atoms with van der Waals surface area (Å²) in [4.78, 5) is 3.49. The summed E-state index contributed by atoms with van der Waals surface area (Å²) in [5.41, 5.74) is 0. The SMILES string of the molecule is C=CN1C=CN(CC)C1B(O)O. The maximum atomic E-state index is 9.04. The second-order valence-corrected chi connectivity index (χ2v) is 2.59. The Labute approximate surface area is 72.5 Å². The molecule has 0 bridgehead atoms. The summed E-state index contributed by atoms with van der Waals surface area (Å²) in [6.45, 7) is 6.26. The highest BCUT2D eigenvalue weighted by molar-refractivity contribution is 6.43. The molecule has 1 aliphatic heterocycles. The zero-order valence-corrected chi connectivity index (χ0v) is 7.09. The van der Waals surface area contributed by atoms with Crippen LogP contribution in [0.1, 0.15) is 6.92 Å². The fourth-order valence-electron chi connectivity index (χ4n) is 1.30. The van der Waals surface area contributed by atoms with E-state index in [4.69, 9.17) is 10.0 Å². The molecule has 0 aromatic heterocycles. The van der Waals surface area contributed by atoms with Crippen LogP contribution >= 0.6 is 0 Å². The Kier molecular flexibility index (Phi) is 2.78. The zero-order valence-electron chi connectivity index (χ0n) is 7.09. The van der Waals surface area contributed by atoms with Crippen LogP contribution in [0.25, 0.3) is 0 Å². The summed E-state index contributed by atoms with van der Waals surface area (Å²) in [7, 11) is -1.38. The number of hydrogen-bond donors (Lipinski definition) is 2. The van der Waals surface area contributed by atoms with Crippen LogP contribution in [-0.4, -0.2) is 39.6 Å². The third-order valence-corrected chi connectivity index (χ3v) is 1.92. The van der Waals surface area contributed by atoms with Gasteiger partial charge in [-0.3, -0.25) is 0 Å². The molecule has 1 heterocycles. The van der Waals surface area contributed by atoms with E-state index >= 15 is 0 Å². The summed E-state index contributed by atoms with van der Waals surface area (Å²) in [6.07, 6.45) is 5.14. The molecule has 0 amide bonds. The Hall–Kier alpha value is -0.935. The molecule has 1 rings (SSSR count). The monoisotopic (exact) mass is 168 g/mol. The molecule has 1 atom stereocenters. The molecule has 2 N–H and O–H groups in total. The van der Waals surface area contributed by atoms with Gasteiger partial charge in [0.05, 0.1) is 0 Å². The lowest BCUT2D eigenvalue weighted by Crippen LogP contribution is -2.48. The third-order valence-electron chi connectivity index (χ3n) is 1.92. The first-order valence-electron chi connectivity index (χ1n) is 3.91. The van der Waals surface area contributed by atoms with E-state index in [1.807, 2.05) is 18.0 Å². The van der Waals surface area contributed by atoms with Gasteiger partial charge in [-0.2, -0.15) is 0 Å². The Bertz CT molecular complexity index is 196. The molecule has 0 aromatic rings. The lowest BCUT2D eigenvalue weighted by Gasteiger charge is -2.28. The summed E-state index contributed by atoms with van der Waals surface area (Å²) in [5.74, 6) is 0. The molecule has 0 saturated carbocycles. The van der Waals surface area contributed by atoms with E-state index in [1.165, 1.54) is 0 Å². The van der Waals surface area contributed by atoms with Crippen molar-refractivity contribution in [2.75, 3.05) is 6.54 Å². The Morgan fingerprint density at radius 2 is 2.25 bits per heavy atom. The van der Waals surface area contributed by atoms with Gasteiger partial charge < -0.3 is 19.8 Å². The molecule has 5 heteroatoms. The van der Waals surface area contributed by atoms with E-state index in [-0.39, 0.29) is 0 Å². The first kappa shape index (κ1) is 9.16. The number of rotatable bonds is 3. The van der Waals surface area contributed by atoms with E-state index in [9.17, 15) is 0 Å². The van der Waals surface area contributed by atoms with Crippen molar-refractivity contribution in [2.45, 2.75) is 13.0 Å². The molecule has 0 aliphatic carbocycles. The summed E-state index contributed by atoms with van der Waals surface area (Å²) < 4.78 is 0. The summed E-state index contributed by atoms with van der Waals surface area (Å²) in [6, 6.07) is -0.424. The largest absolute Gasteiger partial charge is 0.497 e. The van der Waals surface area contributed by atoms with Gasteiger partial charge in [-0.25, -0.2) is 0 Å². The lowest BCUT2D eigenvalue weighted by atomic mass is 9.84. The molecule has 4 nitrogen and oxygen atoms in total. The highest BCUT2D eigenvalue weighted by Gasteiger charge is 2.34. The Morgan fingerprint density at radius 3 is 2.67 bits per heavy atom. The van der Waals surface area contributed by atoms with Gasteiger partial charge in [0, 0.05) is 18.9 Å². The average Bonchev–Trinajstić information content (AvgIpc) is 2.46. The van der Waals surface area contributed by atoms with Gasteiger partial charge >= 0.3 is 7.12 Å². The number of hydrogen-bond acceptors (Lipinski definition) is 4. The van der Waals surface area contributed by atoms with Crippen molar-refractivity contribution in [3.05, 3.63) is 25.2 Å². The molecule has 0 aromatic carbocycles. The fraction of sp³-hybridized carbons (Fsp3) is 0.429. The molecule has 1 aliphatic rings. The zero-order chi connectivity index (χ0) is 9.14. The van der Waals surface area contributed by atoms with Gasteiger partial charge in [-0.05, 0) is 13.1 Å². The topological polar surface area (TPSA) is 46.9 Å². The third kappa shape index (κ3) is 1.46. The van der Waals surface area contributed by atoms with Gasteiger partial charge in [0.15, 0.2) is 0 Å². The van der Waals surface area contributed by atoms with E-state index < -0.39 is 13.2 Å². The van der Waals surface area contributed by atoms with Gasteiger partial charge in [0.1, 0.15) is 6.07 Å². The van der Waals surface area contributed by atoms with Crippen LogP contribution in [0.4, 0.5) is 0 Å². The molecule has 66 valence electrons. The predicted molar refractivity (Wildman–Crippen MR) is 47.5 cm³/mol. The van der Waals surface area contributed by atoms with Crippen LogP contribution in [-0.2, 0) is 0 Å². The second kappa shape index (κ2) is 3.64. The lowest BCUT2D eigenvalue weighted by molar-refractivity contribution is 0.218. The van der Waals surface area contributed by atoms with Crippen LogP contribution in [0.3, 0.4) is 0 Å². The van der Waals surface area contributed by atoms with Gasteiger partial charge in [-0.1, -0.05) is 6.58 Å². The normalized spacial score (nSPS) is 21.8. The molecule has 0 spiro atoms. The van der Waals surface area contributed by atoms with Crippen LogP contribution < -0.4 is 0 Å². The molecule has 0 radical (unpaired) electrons. The molecular weight excluding hydrogens is 155 g/mol. The molecule has 12 heavy (non-hydrogen) atoms. The van der Waals surface area contributed by atoms with Gasteiger partial charge in [-0.15, -0.1) is 0 Å². The van der Waals surface area contributed by atoms with Crippen molar-refractivity contribution < 1.29 is 10.0 Å². The van der Waals surface area contributed by atoms with Crippen molar-refractivity contribution in [1.29, 1.82) is 0 Å². The second-order valence-electron chi connectivity index (χ2n) is 2.59. The standard InChI is InChI=1S/C7H13BN2O2/c1-3-9-5-6-10(4-2)7(9)8(11)12/h3,5-7,11-12H,1,4H2,2H3. The van der Waals surface area contributed by atoms with Crippen molar-refractivity contribution in [3.8, 4) is 0 Å². The van der Waals surface area contributed by atoms with Gasteiger partial charge in [0.25, 0.3) is 0 Å². The minimum Gasteiger partial charge on any atom is -0.425 e. The minimum absolute atomic E-state index is 0.424. The summed E-state index contributed by atoms with van der Waals surface area (Å²) in [5, 5.41) is 18.1. The molecule has 0 fully saturated rings. The van der Waals surface area contributed by atoms with E-state index in [2.05, 4.69) is 6.58 Å². The Balaban J connectivity index is 2.71. The Morgan fingerprint density at radius 1 is 1.58 bits per heavy atom. The summed E-state index contributed by atoms with van der Waals surface area (Å²) >= 11 is 0. The average molecular weight is 168 g/mol. The quantitative estimate of drug-likeness (QED) is 0.561. The van der Waals surface area contributed by atoms with Crippen molar-refractivity contribution in [1.82, 2.24) is 9.80 Å².